The van der Waals surface area contributed by atoms with Gasteiger partial charge in [-0.25, -0.2) is 13.8 Å². The topological polar surface area (TPSA) is 42.0 Å². The van der Waals surface area contributed by atoms with Crippen molar-refractivity contribution in [2.24, 2.45) is 0 Å². The van der Waals surface area contributed by atoms with Gasteiger partial charge < -0.3 is 5.32 Å². The molecule has 3 nitrogen and oxygen atoms in total. The summed E-state index contributed by atoms with van der Waals surface area (Å²) in [6.45, 7) is 0. The van der Waals surface area contributed by atoms with E-state index in [9.17, 15) is 13.6 Å². The maximum absolute atomic E-state index is 13.1. The average Bonchev–Trinajstić information content (AvgIpc) is 2.46. The first-order valence-electron chi connectivity index (χ1n) is 6.25. The van der Waals surface area contributed by atoms with Gasteiger partial charge >= 0.3 is 0 Å². The maximum Gasteiger partial charge on any atom is 0.257 e. The normalized spacial score (nSPS) is 10.6. The van der Waals surface area contributed by atoms with Gasteiger partial charge in [0, 0.05) is 17.0 Å². The molecule has 0 saturated carbocycles. The Bertz CT molecular complexity index is 813. The summed E-state index contributed by atoms with van der Waals surface area (Å²) in [6.07, 6.45) is 0. The van der Waals surface area contributed by atoms with Crippen LogP contribution >= 0.6 is 0 Å². The Kier molecular flexibility index (Phi) is 3.31. The highest BCUT2D eigenvalue weighted by atomic mass is 19.1. The largest absolute Gasteiger partial charge is 0.307 e. The second-order valence-corrected chi connectivity index (χ2v) is 4.50. The predicted octanol–water partition coefficient (Wildman–Crippen LogP) is 3.77. The molecule has 21 heavy (non-hydrogen) atoms. The van der Waals surface area contributed by atoms with Crippen molar-refractivity contribution in [2.45, 2.75) is 0 Å². The van der Waals surface area contributed by atoms with Crippen molar-refractivity contribution < 1.29 is 13.6 Å². The Morgan fingerprint density at radius 3 is 2.43 bits per heavy atom. The Morgan fingerprint density at radius 1 is 0.952 bits per heavy atom. The van der Waals surface area contributed by atoms with E-state index in [2.05, 4.69) is 10.3 Å². The number of hydrogen-bond donors (Lipinski definition) is 1. The standard InChI is InChI=1S/C16H10F2N2O/c17-12-7-11(8-13(18)9-12)16(21)20-15-6-5-10-3-1-2-4-14(10)19-15/h1-9H,(H,19,20,21). The molecule has 0 aliphatic rings. The number of rotatable bonds is 2. The van der Waals surface area contributed by atoms with Gasteiger partial charge in [0.05, 0.1) is 5.52 Å². The molecule has 0 unspecified atom stereocenters. The van der Waals surface area contributed by atoms with Gasteiger partial charge in [-0.2, -0.15) is 0 Å². The van der Waals surface area contributed by atoms with Gasteiger partial charge in [-0.05, 0) is 30.3 Å². The highest BCUT2D eigenvalue weighted by Gasteiger charge is 2.10. The minimum Gasteiger partial charge on any atom is -0.307 e. The summed E-state index contributed by atoms with van der Waals surface area (Å²) in [7, 11) is 0. The van der Waals surface area contributed by atoms with E-state index >= 15 is 0 Å². The fourth-order valence-electron chi connectivity index (χ4n) is 2.01. The van der Waals surface area contributed by atoms with Crippen molar-refractivity contribution in [3.8, 4) is 0 Å². The quantitative estimate of drug-likeness (QED) is 0.778. The number of fused-ring (bicyclic) bond motifs is 1. The molecule has 104 valence electrons. The lowest BCUT2D eigenvalue weighted by Crippen LogP contribution is -2.13. The van der Waals surface area contributed by atoms with Crippen molar-refractivity contribution in [2.75, 3.05) is 5.32 Å². The first-order valence-corrected chi connectivity index (χ1v) is 6.25. The molecular weight excluding hydrogens is 274 g/mol. The first-order chi connectivity index (χ1) is 10.1. The molecule has 0 aliphatic heterocycles. The summed E-state index contributed by atoms with van der Waals surface area (Å²) in [5.74, 6) is -1.89. The van der Waals surface area contributed by atoms with E-state index in [1.54, 1.807) is 6.07 Å². The summed E-state index contributed by atoms with van der Waals surface area (Å²) in [5.41, 5.74) is 0.628. The lowest BCUT2D eigenvalue weighted by atomic mass is 10.2. The monoisotopic (exact) mass is 284 g/mol. The lowest BCUT2D eigenvalue weighted by Gasteiger charge is -2.06. The van der Waals surface area contributed by atoms with E-state index < -0.39 is 17.5 Å². The molecule has 1 amide bonds. The highest BCUT2D eigenvalue weighted by molar-refractivity contribution is 6.04. The highest BCUT2D eigenvalue weighted by Crippen LogP contribution is 2.16. The van der Waals surface area contributed by atoms with Crippen LogP contribution in [-0.2, 0) is 0 Å². The fourth-order valence-corrected chi connectivity index (χ4v) is 2.01. The predicted molar refractivity (Wildman–Crippen MR) is 76.1 cm³/mol. The molecule has 0 aliphatic carbocycles. The lowest BCUT2D eigenvalue weighted by molar-refractivity contribution is 0.102. The van der Waals surface area contributed by atoms with Crippen LogP contribution in [0.1, 0.15) is 10.4 Å². The molecule has 2 aromatic carbocycles. The molecule has 0 fully saturated rings. The first kappa shape index (κ1) is 13.2. The van der Waals surface area contributed by atoms with Crippen molar-refractivity contribution >= 4 is 22.6 Å². The van der Waals surface area contributed by atoms with E-state index in [0.29, 0.717) is 11.9 Å². The molecule has 0 radical (unpaired) electrons. The van der Waals surface area contributed by atoms with Gasteiger partial charge in [0.1, 0.15) is 17.5 Å². The van der Waals surface area contributed by atoms with Gasteiger partial charge in [-0.3, -0.25) is 4.79 Å². The molecule has 0 bridgehead atoms. The van der Waals surface area contributed by atoms with Gasteiger partial charge in [-0.15, -0.1) is 0 Å². The molecule has 3 aromatic rings. The zero-order valence-corrected chi connectivity index (χ0v) is 10.8. The van der Waals surface area contributed by atoms with Crippen LogP contribution in [0.25, 0.3) is 10.9 Å². The smallest absolute Gasteiger partial charge is 0.257 e. The summed E-state index contributed by atoms with van der Waals surface area (Å²) < 4.78 is 26.2. The fraction of sp³-hybridized carbons (Fsp3) is 0. The summed E-state index contributed by atoms with van der Waals surface area (Å²) in [5, 5.41) is 3.46. The number of carbonyl (C=O) groups is 1. The van der Waals surface area contributed by atoms with E-state index in [1.807, 2.05) is 30.3 Å². The van der Waals surface area contributed by atoms with Crippen LogP contribution < -0.4 is 5.32 Å². The second-order valence-electron chi connectivity index (χ2n) is 4.50. The molecule has 1 heterocycles. The van der Waals surface area contributed by atoms with Crippen molar-refractivity contribution in [3.05, 3.63) is 71.8 Å². The van der Waals surface area contributed by atoms with Crippen molar-refractivity contribution in [1.82, 2.24) is 4.98 Å². The molecule has 0 spiro atoms. The minimum atomic E-state index is -0.799. The number of amides is 1. The molecule has 1 N–H and O–H groups in total. The van der Waals surface area contributed by atoms with E-state index in [-0.39, 0.29) is 5.56 Å². The number of pyridine rings is 1. The second kappa shape index (κ2) is 5.28. The number of halogens is 2. The molecule has 3 rings (SSSR count). The number of nitrogens with one attached hydrogen (secondary N) is 1. The van der Waals surface area contributed by atoms with Gasteiger partial charge in [-0.1, -0.05) is 18.2 Å². The Morgan fingerprint density at radius 2 is 1.67 bits per heavy atom. The number of aromatic nitrogens is 1. The van der Waals surface area contributed by atoms with Crippen LogP contribution in [0.15, 0.2) is 54.6 Å². The van der Waals surface area contributed by atoms with E-state index in [0.717, 1.165) is 23.0 Å². The SMILES string of the molecule is O=C(Nc1ccc2ccccc2n1)c1cc(F)cc(F)c1. The van der Waals surface area contributed by atoms with Gasteiger partial charge in [0.25, 0.3) is 5.91 Å². The van der Waals surface area contributed by atoms with Crippen LogP contribution in [0.4, 0.5) is 14.6 Å². The zero-order valence-electron chi connectivity index (χ0n) is 10.8. The molecular formula is C16H10F2N2O. The van der Waals surface area contributed by atoms with Gasteiger partial charge in [0.15, 0.2) is 0 Å². The van der Waals surface area contributed by atoms with Crippen LogP contribution in [0, 0.1) is 11.6 Å². The average molecular weight is 284 g/mol. The Labute approximate surface area is 119 Å². The van der Waals surface area contributed by atoms with Crippen LogP contribution in [0.5, 0.6) is 0 Å². The zero-order chi connectivity index (χ0) is 14.8. The van der Waals surface area contributed by atoms with Crippen molar-refractivity contribution in [1.29, 1.82) is 0 Å². The van der Waals surface area contributed by atoms with Crippen LogP contribution in [-0.4, -0.2) is 10.9 Å². The summed E-state index contributed by atoms with van der Waals surface area (Å²) in [4.78, 5) is 16.2. The Hall–Kier alpha value is -2.82. The number of benzene rings is 2. The van der Waals surface area contributed by atoms with Crippen molar-refractivity contribution in [3.63, 3.8) is 0 Å². The molecule has 0 atom stereocenters. The van der Waals surface area contributed by atoms with E-state index in [1.165, 1.54) is 0 Å². The Balaban J connectivity index is 1.88. The molecule has 1 aromatic heterocycles. The number of hydrogen-bond acceptors (Lipinski definition) is 2. The van der Waals surface area contributed by atoms with Crippen LogP contribution in [0.2, 0.25) is 0 Å². The number of anilines is 1. The summed E-state index contributed by atoms with van der Waals surface area (Å²) >= 11 is 0. The van der Waals surface area contributed by atoms with Crippen LogP contribution in [0.3, 0.4) is 0 Å². The van der Waals surface area contributed by atoms with E-state index in [4.69, 9.17) is 0 Å². The van der Waals surface area contributed by atoms with Gasteiger partial charge in [0.2, 0.25) is 0 Å². The summed E-state index contributed by atoms with van der Waals surface area (Å²) in [6, 6.07) is 13.5. The minimum absolute atomic E-state index is 0.0949. The molecule has 0 saturated heterocycles. The molecule has 5 heteroatoms. The third kappa shape index (κ3) is 2.86. The maximum atomic E-state index is 13.1. The number of carbonyl (C=O) groups excluding carboxylic acids is 1. The third-order valence-electron chi connectivity index (χ3n) is 2.96. The number of para-hydroxylation sites is 1. The third-order valence-corrected chi connectivity index (χ3v) is 2.96. The number of nitrogens with zero attached hydrogens (tertiary/aromatic N) is 1.